The number of fused-ring (bicyclic) bond motifs is 1. The second-order valence-electron chi connectivity index (χ2n) is 3.13. The van der Waals surface area contributed by atoms with E-state index in [0.717, 1.165) is 0 Å². The molecule has 13 heavy (non-hydrogen) atoms. The van der Waals surface area contributed by atoms with E-state index < -0.39 is 0 Å². The van der Waals surface area contributed by atoms with E-state index in [2.05, 4.69) is 49.1 Å². The second-order valence-corrected chi connectivity index (χ2v) is 3.13. The van der Waals surface area contributed by atoms with Crippen LogP contribution in [0.3, 0.4) is 0 Å². The Balaban J connectivity index is 2.33. The minimum Gasteiger partial charge on any atom is -0.0991 e. The zero-order chi connectivity index (χ0) is 9.10. The number of hydrogen-bond donors (Lipinski definition) is 0. The summed E-state index contributed by atoms with van der Waals surface area (Å²) in [5.41, 5.74) is 2.72. The average Bonchev–Trinajstić information content (AvgIpc) is 2.58. The molecule has 1 aromatic carbocycles. The third-order valence-corrected chi connectivity index (χ3v) is 2.29. The van der Waals surface area contributed by atoms with Crippen molar-refractivity contribution in [1.82, 2.24) is 0 Å². The van der Waals surface area contributed by atoms with Crippen molar-refractivity contribution in [1.29, 1.82) is 0 Å². The van der Waals surface area contributed by atoms with Gasteiger partial charge >= 0.3 is 0 Å². The van der Waals surface area contributed by atoms with Gasteiger partial charge in [-0.15, -0.1) is 0 Å². The largest absolute Gasteiger partial charge is 0.0991 e. The van der Waals surface area contributed by atoms with Crippen LogP contribution in [-0.2, 0) is 0 Å². The lowest BCUT2D eigenvalue weighted by Gasteiger charge is -2.03. The molecular formula is C13H12. The summed E-state index contributed by atoms with van der Waals surface area (Å²) in [6.07, 6.45) is 10.4. The van der Waals surface area contributed by atoms with Crippen molar-refractivity contribution in [2.24, 2.45) is 0 Å². The first-order valence-corrected chi connectivity index (χ1v) is 4.48. The first-order valence-electron chi connectivity index (χ1n) is 4.48. The highest BCUT2D eigenvalue weighted by Gasteiger charge is 2.12. The Labute approximate surface area is 78.9 Å². The van der Waals surface area contributed by atoms with E-state index in [1.165, 1.54) is 11.1 Å². The molecule has 64 valence electrons. The lowest BCUT2D eigenvalue weighted by Crippen LogP contribution is -1.87. The fraction of sp³-hybridized carbons (Fsp3) is 0.0769. The Bertz CT molecular complexity index is 369. The minimum atomic E-state index is 0.439. The summed E-state index contributed by atoms with van der Waals surface area (Å²) in [6, 6.07) is 8.48. The van der Waals surface area contributed by atoms with Gasteiger partial charge in [0.05, 0.1) is 0 Å². The molecule has 0 saturated carbocycles. The van der Waals surface area contributed by atoms with Crippen LogP contribution in [-0.4, -0.2) is 0 Å². The van der Waals surface area contributed by atoms with Crippen LogP contribution in [0.15, 0.2) is 55.1 Å². The maximum absolute atomic E-state index is 3.67. The minimum absolute atomic E-state index is 0.439. The van der Waals surface area contributed by atoms with Gasteiger partial charge < -0.3 is 0 Å². The zero-order valence-electron chi connectivity index (χ0n) is 7.48. The fourth-order valence-corrected chi connectivity index (χ4v) is 1.64. The molecule has 0 fully saturated rings. The molecule has 0 amide bonds. The van der Waals surface area contributed by atoms with Crippen molar-refractivity contribution < 1.29 is 0 Å². The summed E-state index contributed by atoms with van der Waals surface area (Å²) in [5.74, 6) is 0.439. The molecule has 1 aromatic rings. The molecule has 0 nitrogen and oxygen atoms in total. The van der Waals surface area contributed by atoms with Gasteiger partial charge in [-0.2, -0.15) is 0 Å². The van der Waals surface area contributed by atoms with Crippen LogP contribution in [0.4, 0.5) is 0 Å². The van der Waals surface area contributed by atoms with Crippen LogP contribution in [0.5, 0.6) is 0 Å². The zero-order valence-corrected chi connectivity index (χ0v) is 7.48. The van der Waals surface area contributed by atoms with Gasteiger partial charge in [0.15, 0.2) is 0 Å². The monoisotopic (exact) mass is 168 g/mol. The molecule has 0 aliphatic heterocycles. The van der Waals surface area contributed by atoms with Crippen molar-refractivity contribution in [3.8, 4) is 0 Å². The van der Waals surface area contributed by atoms with Gasteiger partial charge in [0.1, 0.15) is 0 Å². The van der Waals surface area contributed by atoms with E-state index in [9.17, 15) is 0 Å². The Morgan fingerprint density at radius 3 is 2.92 bits per heavy atom. The lowest BCUT2D eigenvalue weighted by atomic mass is 10.0. The van der Waals surface area contributed by atoms with Gasteiger partial charge in [0.25, 0.3) is 0 Å². The molecule has 2 rings (SSSR count). The van der Waals surface area contributed by atoms with Crippen LogP contribution in [0.25, 0.3) is 6.08 Å². The van der Waals surface area contributed by atoms with Crippen molar-refractivity contribution in [3.63, 3.8) is 0 Å². The van der Waals surface area contributed by atoms with Crippen molar-refractivity contribution >= 4 is 6.08 Å². The third-order valence-electron chi connectivity index (χ3n) is 2.29. The summed E-state index contributed by atoms with van der Waals surface area (Å²) in [4.78, 5) is 0. The molecule has 0 spiro atoms. The quantitative estimate of drug-likeness (QED) is 0.592. The van der Waals surface area contributed by atoms with Gasteiger partial charge in [-0.3, -0.25) is 0 Å². The van der Waals surface area contributed by atoms with Crippen LogP contribution in [0.1, 0.15) is 17.0 Å². The molecule has 0 saturated heterocycles. The normalized spacial score (nSPS) is 19.2. The SMILES string of the molecule is C=CC=CC1C=Cc2ccccc21. The van der Waals surface area contributed by atoms with Crippen LogP contribution >= 0.6 is 0 Å². The smallest absolute Gasteiger partial charge is 0.0210 e. The first kappa shape index (κ1) is 8.06. The van der Waals surface area contributed by atoms with Gasteiger partial charge in [0, 0.05) is 5.92 Å². The molecule has 1 atom stereocenters. The molecule has 0 bridgehead atoms. The van der Waals surface area contributed by atoms with Gasteiger partial charge in [0.2, 0.25) is 0 Å². The molecule has 1 aliphatic carbocycles. The maximum atomic E-state index is 3.67. The fourth-order valence-electron chi connectivity index (χ4n) is 1.64. The highest BCUT2D eigenvalue weighted by Crippen LogP contribution is 2.30. The number of hydrogen-bond acceptors (Lipinski definition) is 0. The molecule has 0 aromatic heterocycles. The molecule has 0 N–H and O–H groups in total. The molecule has 0 heterocycles. The predicted octanol–water partition coefficient (Wildman–Crippen LogP) is 3.54. The average molecular weight is 168 g/mol. The highest BCUT2D eigenvalue weighted by molar-refractivity contribution is 5.63. The number of benzene rings is 1. The van der Waals surface area contributed by atoms with E-state index in [4.69, 9.17) is 0 Å². The van der Waals surface area contributed by atoms with E-state index in [1.807, 2.05) is 12.2 Å². The van der Waals surface area contributed by atoms with Gasteiger partial charge in [-0.1, -0.05) is 61.2 Å². The van der Waals surface area contributed by atoms with E-state index in [1.54, 1.807) is 0 Å². The molecular weight excluding hydrogens is 156 g/mol. The van der Waals surface area contributed by atoms with Crippen LogP contribution in [0, 0.1) is 0 Å². The van der Waals surface area contributed by atoms with Gasteiger partial charge in [-0.05, 0) is 11.1 Å². The van der Waals surface area contributed by atoms with Crippen molar-refractivity contribution in [2.45, 2.75) is 5.92 Å². The van der Waals surface area contributed by atoms with Crippen LogP contribution < -0.4 is 0 Å². The Morgan fingerprint density at radius 1 is 1.23 bits per heavy atom. The van der Waals surface area contributed by atoms with Crippen molar-refractivity contribution in [2.75, 3.05) is 0 Å². The standard InChI is InChI=1S/C13H12/c1-2-3-6-11-9-10-12-7-4-5-8-13(11)12/h2-11H,1H2. The Morgan fingerprint density at radius 2 is 2.08 bits per heavy atom. The molecule has 0 heteroatoms. The van der Waals surface area contributed by atoms with Crippen LogP contribution in [0.2, 0.25) is 0 Å². The summed E-state index contributed by atoms with van der Waals surface area (Å²) in [7, 11) is 0. The van der Waals surface area contributed by atoms with Crippen molar-refractivity contribution in [3.05, 3.63) is 66.3 Å². The van der Waals surface area contributed by atoms with E-state index in [-0.39, 0.29) is 0 Å². The predicted molar refractivity (Wildman–Crippen MR) is 57.6 cm³/mol. The van der Waals surface area contributed by atoms with Gasteiger partial charge in [-0.25, -0.2) is 0 Å². The molecule has 0 radical (unpaired) electrons. The summed E-state index contributed by atoms with van der Waals surface area (Å²) in [5, 5.41) is 0. The summed E-state index contributed by atoms with van der Waals surface area (Å²) >= 11 is 0. The first-order chi connectivity index (χ1) is 6.42. The Hall–Kier alpha value is -1.56. The summed E-state index contributed by atoms with van der Waals surface area (Å²) < 4.78 is 0. The number of rotatable bonds is 2. The summed E-state index contributed by atoms with van der Waals surface area (Å²) in [6.45, 7) is 3.67. The van der Waals surface area contributed by atoms with E-state index >= 15 is 0 Å². The molecule has 1 unspecified atom stereocenters. The van der Waals surface area contributed by atoms with E-state index in [0.29, 0.717) is 5.92 Å². The third kappa shape index (κ3) is 1.48. The number of allylic oxidation sites excluding steroid dienone is 4. The Kier molecular flexibility index (Phi) is 2.13. The highest BCUT2D eigenvalue weighted by atomic mass is 14.2. The topological polar surface area (TPSA) is 0 Å². The lowest BCUT2D eigenvalue weighted by molar-refractivity contribution is 1.11. The second kappa shape index (κ2) is 3.44. The maximum Gasteiger partial charge on any atom is 0.0210 e. The molecule has 1 aliphatic rings.